The largest absolute Gasteiger partial charge is 0.359 e. The third-order valence-corrected chi connectivity index (χ3v) is 1.83. The summed E-state index contributed by atoms with van der Waals surface area (Å²) in [7, 11) is 1.68. The minimum Gasteiger partial charge on any atom is -0.359 e. The lowest BCUT2D eigenvalue weighted by molar-refractivity contribution is -0.120. The summed E-state index contributed by atoms with van der Waals surface area (Å²) in [5.41, 5.74) is 0. The van der Waals surface area contributed by atoms with Crippen LogP contribution in [0.1, 0.15) is 39.5 Å². The molecule has 0 aromatic carbocycles. The van der Waals surface area contributed by atoms with Crippen LogP contribution in [0.5, 0.6) is 0 Å². The summed E-state index contributed by atoms with van der Waals surface area (Å²) < 4.78 is 0. The Morgan fingerprint density at radius 1 is 1.38 bits per heavy atom. The van der Waals surface area contributed by atoms with Gasteiger partial charge in [0, 0.05) is 13.5 Å². The highest BCUT2D eigenvalue weighted by Gasteiger charge is 1.94. The van der Waals surface area contributed by atoms with E-state index in [2.05, 4.69) is 31.3 Å². The van der Waals surface area contributed by atoms with E-state index in [1.54, 1.807) is 7.05 Å². The first-order valence-electron chi connectivity index (χ1n) is 5.02. The standard InChI is InChI=1S/C11H21NO/c1-10(2)8-6-4-5-7-9-11(13)12-3/h4,6,10H,5,7-9H2,1-3H3,(H,12,13)/b6-4-. The van der Waals surface area contributed by atoms with Crippen molar-refractivity contribution in [2.24, 2.45) is 5.92 Å². The Bertz CT molecular complexity index is 161. The maximum atomic E-state index is 10.8. The zero-order chi connectivity index (χ0) is 10.1. The van der Waals surface area contributed by atoms with Gasteiger partial charge in [0.1, 0.15) is 0 Å². The average Bonchev–Trinajstić information content (AvgIpc) is 2.10. The van der Waals surface area contributed by atoms with E-state index in [4.69, 9.17) is 0 Å². The summed E-state index contributed by atoms with van der Waals surface area (Å²) >= 11 is 0. The van der Waals surface area contributed by atoms with Crippen LogP contribution in [0.3, 0.4) is 0 Å². The molecule has 1 N–H and O–H groups in total. The minimum absolute atomic E-state index is 0.136. The number of allylic oxidation sites excluding steroid dienone is 2. The van der Waals surface area contributed by atoms with Crippen molar-refractivity contribution in [2.75, 3.05) is 7.05 Å². The van der Waals surface area contributed by atoms with E-state index in [1.807, 2.05) is 0 Å². The number of hydrogen-bond donors (Lipinski definition) is 1. The van der Waals surface area contributed by atoms with Gasteiger partial charge < -0.3 is 5.32 Å². The Balaban J connectivity index is 3.25. The summed E-state index contributed by atoms with van der Waals surface area (Å²) in [6.45, 7) is 4.41. The highest BCUT2D eigenvalue weighted by atomic mass is 16.1. The SMILES string of the molecule is CNC(=O)CCC/C=C\CC(C)C. The molecule has 0 aliphatic carbocycles. The van der Waals surface area contributed by atoms with E-state index in [0.717, 1.165) is 25.2 Å². The number of nitrogens with one attached hydrogen (secondary N) is 1. The van der Waals surface area contributed by atoms with Crippen LogP contribution in [0.4, 0.5) is 0 Å². The molecule has 2 heteroatoms. The average molecular weight is 183 g/mol. The van der Waals surface area contributed by atoms with E-state index in [0.29, 0.717) is 6.42 Å². The van der Waals surface area contributed by atoms with E-state index < -0.39 is 0 Å². The van der Waals surface area contributed by atoms with Crippen LogP contribution in [-0.2, 0) is 4.79 Å². The fourth-order valence-corrected chi connectivity index (χ4v) is 0.992. The summed E-state index contributed by atoms with van der Waals surface area (Å²) in [6, 6.07) is 0. The summed E-state index contributed by atoms with van der Waals surface area (Å²) in [5.74, 6) is 0.868. The maximum absolute atomic E-state index is 10.8. The van der Waals surface area contributed by atoms with Gasteiger partial charge in [-0.3, -0.25) is 4.79 Å². The lowest BCUT2D eigenvalue weighted by Gasteiger charge is -1.98. The molecule has 0 saturated heterocycles. The molecular weight excluding hydrogens is 162 g/mol. The molecule has 0 atom stereocenters. The van der Waals surface area contributed by atoms with Gasteiger partial charge in [-0.1, -0.05) is 26.0 Å². The van der Waals surface area contributed by atoms with Gasteiger partial charge in [0.15, 0.2) is 0 Å². The molecule has 0 aliphatic heterocycles. The molecule has 0 bridgehead atoms. The van der Waals surface area contributed by atoms with E-state index in [9.17, 15) is 4.79 Å². The first-order chi connectivity index (χ1) is 6.16. The van der Waals surface area contributed by atoms with Crippen molar-refractivity contribution < 1.29 is 4.79 Å². The van der Waals surface area contributed by atoms with Crippen LogP contribution < -0.4 is 5.32 Å². The Morgan fingerprint density at radius 2 is 2.08 bits per heavy atom. The quantitative estimate of drug-likeness (QED) is 0.497. The maximum Gasteiger partial charge on any atom is 0.219 e. The molecule has 0 radical (unpaired) electrons. The Morgan fingerprint density at radius 3 is 2.62 bits per heavy atom. The van der Waals surface area contributed by atoms with Crippen LogP contribution in [-0.4, -0.2) is 13.0 Å². The molecule has 0 fully saturated rings. The first-order valence-corrected chi connectivity index (χ1v) is 5.02. The van der Waals surface area contributed by atoms with E-state index >= 15 is 0 Å². The molecule has 76 valence electrons. The van der Waals surface area contributed by atoms with Crippen molar-refractivity contribution >= 4 is 5.91 Å². The number of amides is 1. The predicted molar refractivity (Wildman–Crippen MR) is 56.5 cm³/mol. The van der Waals surface area contributed by atoms with Crippen LogP contribution in [0, 0.1) is 5.92 Å². The Kier molecular flexibility index (Phi) is 7.36. The molecule has 0 saturated carbocycles. The van der Waals surface area contributed by atoms with Gasteiger partial charge in [-0.25, -0.2) is 0 Å². The topological polar surface area (TPSA) is 29.1 Å². The van der Waals surface area contributed by atoms with Gasteiger partial charge in [-0.2, -0.15) is 0 Å². The highest BCUT2D eigenvalue weighted by molar-refractivity contribution is 5.75. The zero-order valence-electron chi connectivity index (χ0n) is 8.97. The first kappa shape index (κ1) is 12.2. The van der Waals surface area contributed by atoms with Gasteiger partial charge in [-0.05, 0) is 25.2 Å². The summed E-state index contributed by atoms with van der Waals surface area (Å²) in [5, 5.41) is 2.61. The van der Waals surface area contributed by atoms with Gasteiger partial charge in [0.05, 0.1) is 0 Å². The highest BCUT2D eigenvalue weighted by Crippen LogP contribution is 2.02. The van der Waals surface area contributed by atoms with Crippen LogP contribution in [0.15, 0.2) is 12.2 Å². The molecule has 0 rings (SSSR count). The Hall–Kier alpha value is -0.790. The third kappa shape index (κ3) is 9.12. The molecule has 0 aromatic rings. The molecule has 0 spiro atoms. The second-order valence-electron chi connectivity index (χ2n) is 3.67. The number of unbranched alkanes of at least 4 members (excludes halogenated alkanes) is 1. The molecule has 1 amide bonds. The van der Waals surface area contributed by atoms with Crippen molar-refractivity contribution in [1.82, 2.24) is 5.32 Å². The van der Waals surface area contributed by atoms with Crippen molar-refractivity contribution in [1.29, 1.82) is 0 Å². The lowest BCUT2D eigenvalue weighted by Crippen LogP contribution is -2.16. The van der Waals surface area contributed by atoms with Gasteiger partial charge in [0.25, 0.3) is 0 Å². The smallest absolute Gasteiger partial charge is 0.219 e. The van der Waals surface area contributed by atoms with Gasteiger partial charge in [-0.15, -0.1) is 0 Å². The number of rotatable bonds is 6. The molecule has 0 heterocycles. The fraction of sp³-hybridized carbons (Fsp3) is 0.727. The van der Waals surface area contributed by atoms with Crippen molar-refractivity contribution in [2.45, 2.75) is 39.5 Å². The van der Waals surface area contributed by atoms with Crippen LogP contribution in [0.2, 0.25) is 0 Å². The number of carbonyl (C=O) groups is 1. The van der Waals surface area contributed by atoms with Gasteiger partial charge >= 0.3 is 0 Å². The molecule has 13 heavy (non-hydrogen) atoms. The van der Waals surface area contributed by atoms with Gasteiger partial charge in [0.2, 0.25) is 5.91 Å². The summed E-state index contributed by atoms with van der Waals surface area (Å²) in [4.78, 5) is 10.8. The van der Waals surface area contributed by atoms with Crippen LogP contribution in [0.25, 0.3) is 0 Å². The predicted octanol–water partition coefficient (Wildman–Crippen LogP) is 2.51. The molecule has 0 unspecified atom stereocenters. The van der Waals surface area contributed by atoms with Crippen molar-refractivity contribution in [3.05, 3.63) is 12.2 Å². The monoisotopic (exact) mass is 183 g/mol. The molecule has 0 aromatic heterocycles. The zero-order valence-corrected chi connectivity index (χ0v) is 8.97. The van der Waals surface area contributed by atoms with Crippen LogP contribution >= 0.6 is 0 Å². The van der Waals surface area contributed by atoms with E-state index in [-0.39, 0.29) is 5.91 Å². The number of hydrogen-bond acceptors (Lipinski definition) is 1. The lowest BCUT2D eigenvalue weighted by atomic mass is 10.1. The normalized spacial score (nSPS) is 11.1. The third-order valence-electron chi connectivity index (χ3n) is 1.83. The summed E-state index contributed by atoms with van der Waals surface area (Å²) in [6.07, 6.45) is 8.12. The Labute approximate surface area is 81.4 Å². The second-order valence-corrected chi connectivity index (χ2v) is 3.67. The molecule has 0 aliphatic rings. The fourth-order valence-electron chi connectivity index (χ4n) is 0.992. The van der Waals surface area contributed by atoms with Crippen molar-refractivity contribution in [3.8, 4) is 0 Å². The molecule has 2 nitrogen and oxygen atoms in total. The second kappa shape index (κ2) is 7.84. The minimum atomic E-state index is 0.136. The van der Waals surface area contributed by atoms with Crippen molar-refractivity contribution in [3.63, 3.8) is 0 Å². The molecular formula is C11H21NO. The van der Waals surface area contributed by atoms with E-state index in [1.165, 1.54) is 0 Å². The number of carbonyl (C=O) groups excluding carboxylic acids is 1.